The van der Waals surface area contributed by atoms with Crippen LogP contribution in [0.25, 0.3) is 11.4 Å². The van der Waals surface area contributed by atoms with Crippen LogP contribution in [0.15, 0.2) is 66.7 Å². The maximum Gasteiger partial charge on any atom is 0.254 e. The summed E-state index contributed by atoms with van der Waals surface area (Å²) in [5.74, 6) is -1.50. The maximum absolute atomic E-state index is 13.8. The SMILES string of the molecule is COc1cc2cc(OC)c1OCCCNC(=O)CN(C(=O)c1ccc(-c3nnn(C)n3)cc1)CCNC(=O)[C@@H](Cc1ccccc1)NC(=O)[C@H](C)NC2=O. The Balaban J connectivity index is 1.39. The van der Waals surface area contributed by atoms with Crippen LogP contribution in [0.3, 0.4) is 0 Å². The molecule has 17 nitrogen and oxygen atoms in total. The van der Waals surface area contributed by atoms with E-state index in [0.29, 0.717) is 23.4 Å². The van der Waals surface area contributed by atoms with Gasteiger partial charge in [-0.1, -0.05) is 42.5 Å². The Morgan fingerprint density at radius 1 is 0.889 bits per heavy atom. The van der Waals surface area contributed by atoms with Gasteiger partial charge in [-0.15, -0.1) is 10.2 Å². The van der Waals surface area contributed by atoms with Gasteiger partial charge in [0.2, 0.25) is 29.3 Å². The van der Waals surface area contributed by atoms with Crippen molar-refractivity contribution in [3.63, 3.8) is 0 Å². The van der Waals surface area contributed by atoms with Gasteiger partial charge < -0.3 is 40.4 Å². The van der Waals surface area contributed by atoms with Crippen LogP contribution >= 0.6 is 0 Å². The molecular weight excluding hydrogens is 698 g/mol. The molecular formula is C37H43N9O8. The average Bonchev–Trinajstić information content (AvgIpc) is 3.62. The molecule has 5 amide bonds. The smallest absolute Gasteiger partial charge is 0.254 e. The molecule has 3 heterocycles. The molecule has 4 aromatic rings. The van der Waals surface area contributed by atoms with Crippen molar-refractivity contribution in [2.24, 2.45) is 7.05 Å². The van der Waals surface area contributed by atoms with E-state index in [4.69, 9.17) is 14.2 Å². The van der Waals surface area contributed by atoms with Crippen LogP contribution in [0.2, 0.25) is 0 Å². The van der Waals surface area contributed by atoms with E-state index in [-0.39, 0.29) is 62.0 Å². The lowest BCUT2D eigenvalue weighted by Gasteiger charge is -2.25. The van der Waals surface area contributed by atoms with Crippen LogP contribution in [-0.2, 0) is 27.9 Å². The van der Waals surface area contributed by atoms with Crippen molar-refractivity contribution in [2.45, 2.75) is 31.8 Å². The summed E-state index contributed by atoms with van der Waals surface area (Å²) in [4.78, 5) is 69.9. The number of hydrogen-bond acceptors (Lipinski definition) is 11. The summed E-state index contributed by atoms with van der Waals surface area (Å²) in [5, 5.41) is 23.0. The van der Waals surface area contributed by atoms with Gasteiger partial charge in [0.15, 0.2) is 11.5 Å². The minimum atomic E-state index is -1.04. The van der Waals surface area contributed by atoms with Gasteiger partial charge in [-0.25, -0.2) is 0 Å². The highest BCUT2D eigenvalue weighted by molar-refractivity contribution is 5.99. The van der Waals surface area contributed by atoms with Gasteiger partial charge in [0.1, 0.15) is 12.1 Å². The first-order valence-corrected chi connectivity index (χ1v) is 17.3. The fraction of sp³-hybridized carbons (Fsp3) is 0.351. The Kier molecular flexibility index (Phi) is 13.1. The molecule has 0 unspecified atom stereocenters. The van der Waals surface area contributed by atoms with Gasteiger partial charge in [-0.3, -0.25) is 24.0 Å². The van der Waals surface area contributed by atoms with Crippen LogP contribution in [0.1, 0.15) is 39.6 Å². The summed E-state index contributed by atoms with van der Waals surface area (Å²) >= 11 is 0. The number of nitrogens with zero attached hydrogens (tertiary/aromatic N) is 5. The lowest BCUT2D eigenvalue weighted by Crippen LogP contribution is -2.54. The van der Waals surface area contributed by atoms with E-state index in [1.165, 1.54) is 43.0 Å². The highest BCUT2D eigenvalue weighted by atomic mass is 16.5. The largest absolute Gasteiger partial charge is 0.493 e. The van der Waals surface area contributed by atoms with E-state index in [9.17, 15) is 24.0 Å². The summed E-state index contributed by atoms with van der Waals surface area (Å²) in [6, 6.07) is 16.5. The number of carbonyl (C=O) groups excluding carboxylic acids is 5. The number of fused-ring (bicyclic) bond motifs is 19. The minimum absolute atomic E-state index is 0.0256. The number of rotatable bonds is 6. The number of tetrazole rings is 1. The monoisotopic (exact) mass is 741 g/mol. The summed E-state index contributed by atoms with van der Waals surface area (Å²) in [5.41, 5.74) is 1.89. The molecule has 4 N–H and O–H groups in total. The number of methoxy groups -OCH3 is 2. The number of amides is 5. The van der Waals surface area contributed by atoms with Crippen molar-refractivity contribution in [3.05, 3.63) is 83.4 Å². The zero-order valence-corrected chi connectivity index (χ0v) is 30.5. The average molecular weight is 742 g/mol. The van der Waals surface area contributed by atoms with Crippen molar-refractivity contribution in [3.8, 4) is 28.6 Å². The Morgan fingerprint density at radius 3 is 2.24 bits per heavy atom. The first-order valence-electron chi connectivity index (χ1n) is 17.3. The van der Waals surface area contributed by atoms with Gasteiger partial charge in [0, 0.05) is 42.7 Å². The Hall–Kier alpha value is -6.52. The van der Waals surface area contributed by atoms with Crippen molar-refractivity contribution < 1.29 is 38.2 Å². The molecule has 54 heavy (non-hydrogen) atoms. The van der Waals surface area contributed by atoms with E-state index < -0.39 is 41.6 Å². The second-order valence-electron chi connectivity index (χ2n) is 12.4. The molecule has 0 fully saturated rings. The summed E-state index contributed by atoms with van der Waals surface area (Å²) < 4.78 is 16.9. The number of aryl methyl sites for hydroxylation is 1. The predicted molar refractivity (Wildman–Crippen MR) is 195 cm³/mol. The van der Waals surface area contributed by atoms with Crippen LogP contribution < -0.4 is 35.5 Å². The minimum Gasteiger partial charge on any atom is -0.493 e. The molecule has 2 bridgehead atoms. The fourth-order valence-electron chi connectivity index (χ4n) is 5.59. The Bertz CT molecular complexity index is 1930. The van der Waals surface area contributed by atoms with E-state index in [1.807, 2.05) is 30.3 Å². The number of nitrogens with one attached hydrogen (secondary N) is 4. The van der Waals surface area contributed by atoms with E-state index in [0.717, 1.165) is 5.56 Å². The van der Waals surface area contributed by atoms with Gasteiger partial charge in [0.25, 0.3) is 11.8 Å². The van der Waals surface area contributed by atoms with Crippen molar-refractivity contribution in [1.29, 1.82) is 0 Å². The normalized spacial score (nSPS) is 17.8. The van der Waals surface area contributed by atoms with Crippen molar-refractivity contribution >= 4 is 29.5 Å². The lowest BCUT2D eigenvalue weighted by atomic mass is 10.0. The molecule has 0 saturated heterocycles. The molecule has 6 rings (SSSR count). The molecule has 2 aliphatic heterocycles. The molecule has 284 valence electrons. The molecule has 3 aromatic carbocycles. The van der Waals surface area contributed by atoms with Crippen LogP contribution in [0.4, 0.5) is 0 Å². The number of aromatic nitrogens is 4. The third kappa shape index (κ3) is 10.1. The topological polar surface area (TPSA) is 208 Å². The first-order chi connectivity index (χ1) is 26.1. The Labute approximate surface area is 311 Å². The highest BCUT2D eigenvalue weighted by Crippen LogP contribution is 2.38. The molecule has 17 heteroatoms. The predicted octanol–water partition coefficient (Wildman–Crippen LogP) is 0.897. The molecule has 0 spiro atoms. The lowest BCUT2D eigenvalue weighted by molar-refractivity contribution is -0.129. The van der Waals surface area contributed by atoms with Gasteiger partial charge in [-0.2, -0.15) is 4.80 Å². The molecule has 1 aromatic heterocycles. The Morgan fingerprint density at radius 2 is 1.59 bits per heavy atom. The number of hydrogen-bond donors (Lipinski definition) is 4. The standard InChI is InChI=1S/C37H43N9O8/c1-23-34(48)41-28(19-24-9-6-5-7-10-24)36(50)39-16-17-46(37(51)26-13-11-25(12-14-26)33-42-44-45(2)43-33)22-31(47)38-15-8-18-54-32-29(52-3)20-27(35(49)40-23)21-30(32)53-4/h5-7,9-14,20-21,23,28H,8,15-19,22H2,1-4H3,(H,38,47)(H,39,50)(H,40,49)(H,41,48)/t23-,28+/m0/s1. The first kappa shape index (κ1) is 38.7. The molecule has 0 saturated carbocycles. The van der Waals surface area contributed by atoms with E-state index >= 15 is 0 Å². The summed E-state index contributed by atoms with van der Waals surface area (Å²) in [7, 11) is 4.47. The summed E-state index contributed by atoms with van der Waals surface area (Å²) in [6.45, 7) is 1.53. The van der Waals surface area contributed by atoms with Gasteiger partial charge in [0.05, 0.1) is 34.4 Å². The fourth-order valence-corrected chi connectivity index (χ4v) is 5.59. The highest BCUT2D eigenvalue weighted by Gasteiger charge is 2.27. The summed E-state index contributed by atoms with van der Waals surface area (Å²) in [6.07, 6.45) is 0.532. The van der Waals surface area contributed by atoms with Crippen molar-refractivity contribution in [2.75, 3.05) is 47.0 Å². The number of ether oxygens (including phenoxy) is 3. The zero-order valence-electron chi connectivity index (χ0n) is 30.5. The van der Waals surface area contributed by atoms with Gasteiger partial charge in [-0.05, 0) is 48.4 Å². The van der Waals surface area contributed by atoms with E-state index in [2.05, 4.69) is 36.7 Å². The second-order valence-corrected chi connectivity index (χ2v) is 12.4. The van der Waals surface area contributed by atoms with Crippen molar-refractivity contribution in [1.82, 2.24) is 46.4 Å². The number of carbonyl (C=O) groups is 5. The molecule has 0 aliphatic carbocycles. The second kappa shape index (κ2) is 18.3. The number of benzene rings is 3. The van der Waals surface area contributed by atoms with Crippen LogP contribution in [0.5, 0.6) is 17.2 Å². The van der Waals surface area contributed by atoms with Gasteiger partial charge >= 0.3 is 0 Å². The third-order valence-corrected chi connectivity index (χ3v) is 8.47. The van der Waals surface area contributed by atoms with Crippen LogP contribution in [0, 0.1) is 0 Å². The maximum atomic E-state index is 13.8. The molecule has 0 radical (unpaired) electrons. The van der Waals surface area contributed by atoms with Crippen LogP contribution in [-0.4, -0.2) is 114 Å². The zero-order chi connectivity index (χ0) is 38.6. The molecule has 2 atom stereocenters. The third-order valence-electron chi connectivity index (χ3n) is 8.47. The quantitative estimate of drug-likeness (QED) is 0.204. The van der Waals surface area contributed by atoms with E-state index in [1.54, 1.807) is 31.3 Å². The molecule has 2 aliphatic rings.